The molecule has 25 heavy (non-hydrogen) atoms. The van der Waals surface area contributed by atoms with Crippen molar-refractivity contribution in [1.82, 2.24) is 4.98 Å². The monoisotopic (exact) mass is 384 g/mol. The number of hydrogen-bond acceptors (Lipinski definition) is 6. The summed E-state index contributed by atoms with van der Waals surface area (Å²) in [5.41, 5.74) is -0.0738. The molecule has 0 fully saturated rings. The van der Waals surface area contributed by atoms with Gasteiger partial charge in [0.2, 0.25) is 5.88 Å². The van der Waals surface area contributed by atoms with Gasteiger partial charge in [0, 0.05) is 6.20 Å². The Bertz CT molecular complexity index is 947. The molecule has 0 aliphatic carbocycles. The number of anilines is 1. The first-order chi connectivity index (χ1) is 11.8. The third-order valence-electron chi connectivity index (χ3n) is 3.59. The van der Waals surface area contributed by atoms with E-state index >= 15 is 0 Å². The van der Waals surface area contributed by atoms with Gasteiger partial charge >= 0.3 is 5.97 Å². The lowest BCUT2D eigenvalue weighted by molar-refractivity contribution is 0.0696. The van der Waals surface area contributed by atoms with Crippen molar-refractivity contribution in [2.75, 3.05) is 24.6 Å². The van der Waals surface area contributed by atoms with Crippen LogP contribution in [0.15, 0.2) is 35.4 Å². The number of nitrogens with zero attached hydrogens (tertiary/aromatic N) is 2. The van der Waals surface area contributed by atoms with E-state index in [2.05, 4.69) is 4.98 Å². The van der Waals surface area contributed by atoms with Gasteiger partial charge in [0.15, 0.2) is 0 Å². The zero-order valence-corrected chi connectivity index (χ0v) is 14.5. The maximum absolute atomic E-state index is 13.0. The van der Waals surface area contributed by atoms with Gasteiger partial charge in [-0.2, -0.15) is 0 Å². The van der Waals surface area contributed by atoms with Crippen molar-refractivity contribution >= 4 is 33.3 Å². The number of aromatic nitrogens is 1. The van der Waals surface area contributed by atoms with Crippen molar-refractivity contribution in [2.45, 2.75) is 4.90 Å². The molecule has 0 saturated carbocycles. The van der Waals surface area contributed by atoms with Crippen LogP contribution in [0.5, 0.6) is 11.6 Å². The fourth-order valence-corrected chi connectivity index (χ4v) is 4.17. The van der Waals surface area contributed by atoms with E-state index in [9.17, 15) is 13.2 Å². The molecular formula is C15H13ClN2O6S. The average Bonchev–Trinajstić information content (AvgIpc) is 2.60. The topological polar surface area (TPSA) is 106 Å². The average molecular weight is 385 g/mol. The molecule has 10 heteroatoms. The SMILES string of the molecule is COc1ccc(S(=O)(=O)N2CCOc3ncc(C(=O)O)cc32)cc1Cl. The first-order valence-electron chi connectivity index (χ1n) is 7.07. The Balaban J connectivity index is 2.09. The first kappa shape index (κ1) is 17.3. The van der Waals surface area contributed by atoms with Crippen molar-refractivity contribution in [3.63, 3.8) is 0 Å². The summed E-state index contributed by atoms with van der Waals surface area (Å²) in [6, 6.07) is 5.30. The number of rotatable bonds is 4. The highest BCUT2D eigenvalue weighted by Gasteiger charge is 2.32. The van der Waals surface area contributed by atoms with Gasteiger partial charge in [0.05, 0.1) is 29.1 Å². The van der Waals surface area contributed by atoms with E-state index in [1.54, 1.807) is 0 Å². The van der Waals surface area contributed by atoms with Crippen LogP contribution in [0.2, 0.25) is 5.02 Å². The van der Waals surface area contributed by atoms with Gasteiger partial charge in [-0.15, -0.1) is 0 Å². The molecule has 0 spiro atoms. The van der Waals surface area contributed by atoms with E-state index in [0.29, 0.717) is 5.75 Å². The Hall–Kier alpha value is -2.52. The summed E-state index contributed by atoms with van der Waals surface area (Å²) in [6.07, 6.45) is 1.11. The Morgan fingerprint density at radius 2 is 2.16 bits per heavy atom. The Morgan fingerprint density at radius 1 is 1.40 bits per heavy atom. The van der Waals surface area contributed by atoms with Crippen LogP contribution in [0.3, 0.4) is 0 Å². The molecule has 3 rings (SSSR count). The minimum atomic E-state index is -3.98. The fourth-order valence-electron chi connectivity index (χ4n) is 2.38. The van der Waals surface area contributed by atoms with E-state index in [4.69, 9.17) is 26.2 Å². The molecule has 0 atom stereocenters. The predicted octanol–water partition coefficient (Wildman–Crippen LogP) is 2.03. The maximum Gasteiger partial charge on any atom is 0.337 e. The van der Waals surface area contributed by atoms with Gasteiger partial charge in [-0.3, -0.25) is 4.31 Å². The number of pyridine rings is 1. The standard InChI is InChI=1S/C15H13ClN2O6S/c1-23-13-3-2-10(7-11(13)16)25(21,22)18-4-5-24-14-12(18)6-9(8-17-14)15(19)20/h2-3,6-8H,4-5H2,1H3,(H,19,20). The molecule has 0 unspecified atom stereocenters. The molecule has 8 nitrogen and oxygen atoms in total. The molecule has 1 N–H and O–H groups in total. The van der Waals surface area contributed by atoms with Crippen molar-refractivity contribution in [1.29, 1.82) is 0 Å². The summed E-state index contributed by atoms with van der Waals surface area (Å²) < 4.78 is 37.4. The number of halogens is 1. The van der Waals surface area contributed by atoms with E-state index in [-0.39, 0.29) is 40.2 Å². The molecule has 0 amide bonds. The van der Waals surface area contributed by atoms with Crippen LogP contribution in [-0.2, 0) is 10.0 Å². The number of carboxylic acids is 1. The Morgan fingerprint density at radius 3 is 2.80 bits per heavy atom. The molecule has 0 radical (unpaired) electrons. The minimum Gasteiger partial charge on any atom is -0.495 e. The Kier molecular flexibility index (Phi) is 4.44. The second-order valence-corrected chi connectivity index (χ2v) is 7.34. The molecule has 1 aliphatic rings. The highest BCUT2D eigenvalue weighted by atomic mass is 35.5. The van der Waals surface area contributed by atoms with E-state index in [0.717, 1.165) is 10.5 Å². The summed E-state index contributed by atoms with van der Waals surface area (Å²) in [5, 5.41) is 9.25. The Labute approximate surface area is 148 Å². The highest BCUT2D eigenvalue weighted by Crippen LogP contribution is 2.36. The highest BCUT2D eigenvalue weighted by molar-refractivity contribution is 7.92. The maximum atomic E-state index is 13.0. The number of carbonyl (C=O) groups is 1. The minimum absolute atomic E-state index is 0.0176. The number of aromatic carboxylic acids is 1. The van der Waals surface area contributed by atoms with E-state index < -0.39 is 16.0 Å². The first-order valence-corrected chi connectivity index (χ1v) is 8.89. The van der Waals surface area contributed by atoms with Crippen molar-refractivity contribution < 1.29 is 27.8 Å². The summed E-state index contributed by atoms with van der Waals surface area (Å²) in [5.74, 6) is -0.817. The summed E-state index contributed by atoms with van der Waals surface area (Å²) in [6.45, 7) is 0.110. The zero-order valence-electron chi connectivity index (χ0n) is 13.0. The van der Waals surface area contributed by atoms with Crippen molar-refractivity contribution in [2.24, 2.45) is 0 Å². The molecule has 1 aromatic carbocycles. The van der Waals surface area contributed by atoms with Crippen molar-refractivity contribution in [3.05, 3.63) is 41.0 Å². The molecule has 132 valence electrons. The van der Waals surface area contributed by atoms with Gasteiger partial charge < -0.3 is 14.6 Å². The molecule has 1 aromatic heterocycles. The molecular weight excluding hydrogens is 372 g/mol. The third kappa shape index (κ3) is 3.08. The summed E-state index contributed by atoms with van der Waals surface area (Å²) in [7, 11) is -2.56. The van der Waals surface area contributed by atoms with Gasteiger partial charge in [0.25, 0.3) is 10.0 Å². The van der Waals surface area contributed by atoms with Crippen LogP contribution < -0.4 is 13.8 Å². The lowest BCUT2D eigenvalue weighted by Gasteiger charge is -2.29. The normalized spacial score (nSPS) is 13.8. The number of methoxy groups -OCH3 is 1. The summed E-state index contributed by atoms with van der Waals surface area (Å²) in [4.78, 5) is 15.0. The number of carboxylic acid groups (broad SMARTS) is 1. The second kappa shape index (κ2) is 6.41. The van der Waals surface area contributed by atoms with Crippen LogP contribution >= 0.6 is 11.6 Å². The quantitative estimate of drug-likeness (QED) is 0.859. The van der Waals surface area contributed by atoms with Crippen LogP contribution in [-0.4, -0.2) is 44.7 Å². The molecule has 0 saturated heterocycles. The zero-order chi connectivity index (χ0) is 18.2. The molecule has 1 aliphatic heterocycles. The van der Waals surface area contributed by atoms with Crippen LogP contribution in [0.4, 0.5) is 5.69 Å². The third-order valence-corrected chi connectivity index (χ3v) is 5.70. The van der Waals surface area contributed by atoms with E-state index in [1.807, 2.05) is 0 Å². The lowest BCUT2D eigenvalue weighted by atomic mass is 10.2. The number of ether oxygens (including phenoxy) is 2. The van der Waals surface area contributed by atoms with Crippen molar-refractivity contribution in [3.8, 4) is 11.6 Å². The number of benzene rings is 1. The van der Waals surface area contributed by atoms with E-state index in [1.165, 1.54) is 31.4 Å². The van der Waals surface area contributed by atoms with Gasteiger partial charge in [-0.25, -0.2) is 18.2 Å². The largest absolute Gasteiger partial charge is 0.495 e. The summed E-state index contributed by atoms with van der Waals surface area (Å²) >= 11 is 6.02. The smallest absolute Gasteiger partial charge is 0.337 e. The van der Waals surface area contributed by atoms with Gasteiger partial charge in [-0.1, -0.05) is 11.6 Å². The van der Waals surface area contributed by atoms with Gasteiger partial charge in [-0.05, 0) is 24.3 Å². The van der Waals surface area contributed by atoms with Crippen LogP contribution in [0.25, 0.3) is 0 Å². The lowest BCUT2D eigenvalue weighted by Crippen LogP contribution is -2.38. The molecule has 2 heterocycles. The molecule has 0 bridgehead atoms. The fraction of sp³-hybridized carbons (Fsp3) is 0.200. The number of sulfonamides is 1. The molecule has 2 aromatic rings. The van der Waals surface area contributed by atoms with Gasteiger partial charge in [0.1, 0.15) is 18.0 Å². The number of fused-ring (bicyclic) bond motifs is 1. The predicted molar refractivity (Wildman–Crippen MR) is 89.2 cm³/mol. The second-order valence-electron chi connectivity index (χ2n) is 5.08. The van der Waals surface area contributed by atoms with Crippen LogP contribution in [0, 0.1) is 0 Å². The van der Waals surface area contributed by atoms with Crippen LogP contribution in [0.1, 0.15) is 10.4 Å². The number of hydrogen-bond donors (Lipinski definition) is 1.